The van der Waals surface area contributed by atoms with Gasteiger partial charge in [-0.2, -0.15) is 0 Å². The van der Waals surface area contributed by atoms with Crippen LogP contribution in [0.3, 0.4) is 0 Å². The second kappa shape index (κ2) is 5.75. The minimum atomic E-state index is -1.05. The van der Waals surface area contributed by atoms with Gasteiger partial charge in [-0.25, -0.2) is 4.79 Å². The summed E-state index contributed by atoms with van der Waals surface area (Å²) in [6, 6.07) is 0. The number of aliphatic carboxylic acids is 1. The van der Waals surface area contributed by atoms with Crippen LogP contribution in [0, 0.1) is 11.8 Å². The van der Waals surface area contributed by atoms with Crippen molar-refractivity contribution in [1.82, 2.24) is 4.90 Å². The van der Waals surface area contributed by atoms with Crippen molar-refractivity contribution in [2.75, 3.05) is 20.6 Å². The lowest BCUT2D eigenvalue weighted by atomic mass is 10.3. The second-order valence-corrected chi connectivity index (χ2v) is 2.51. The quantitative estimate of drug-likeness (QED) is 0.474. The fourth-order valence-electron chi connectivity index (χ4n) is 0.622. The van der Waals surface area contributed by atoms with E-state index < -0.39 is 5.97 Å². The van der Waals surface area contributed by atoms with Crippen molar-refractivity contribution in [1.29, 1.82) is 0 Å². The number of carboxylic acid groups (broad SMARTS) is 1. The van der Waals surface area contributed by atoms with E-state index in [1.54, 1.807) is 0 Å². The zero-order valence-corrected chi connectivity index (χ0v) is 6.92. The molecule has 0 unspecified atom stereocenters. The first-order valence-corrected chi connectivity index (χ1v) is 3.49. The van der Waals surface area contributed by atoms with E-state index in [4.69, 9.17) is 5.11 Å². The molecule has 0 amide bonds. The van der Waals surface area contributed by atoms with E-state index in [9.17, 15) is 4.79 Å². The summed E-state index contributed by atoms with van der Waals surface area (Å²) in [7, 11) is 3.95. The first-order chi connectivity index (χ1) is 5.13. The molecular weight excluding hydrogens is 142 g/mol. The maximum atomic E-state index is 9.91. The highest BCUT2D eigenvalue weighted by atomic mass is 16.4. The van der Waals surface area contributed by atoms with Crippen molar-refractivity contribution in [3.05, 3.63) is 0 Å². The van der Waals surface area contributed by atoms with E-state index >= 15 is 0 Å². The minimum absolute atomic E-state index is 0.657. The molecule has 11 heavy (non-hydrogen) atoms. The Bertz CT molecular complexity index is 176. The third-order valence-corrected chi connectivity index (χ3v) is 1.10. The van der Waals surface area contributed by atoms with Gasteiger partial charge in [0.2, 0.25) is 0 Å². The highest BCUT2D eigenvalue weighted by Crippen LogP contribution is 1.87. The topological polar surface area (TPSA) is 40.5 Å². The molecule has 3 nitrogen and oxygen atoms in total. The van der Waals surface area contributed by atoms with Crippen molar-refractivity contribution in [2.45, 2.75) is 12.8 Å². The number of unbranched alkanes of at least 4 members (excludes halogenated alkanes) is 1. The molecule has 0 radical (unpaired) electrons. The highest BCUT2D eigenvalue weighted by Gasteiger charge is 1.87. The second-order valence-electron chi connectivity index (χ2n) is 2.51. The molecule has 0 spiro atoms. The van der Waals surface area contributed by atoms with Crippen LogP contribution in [0.5, 0.6) is 0 Å². The van der Waals surface area contributed by atoms with E-state index in [1.807, 2.05) is 19.0 Å². The zero-order valence-electron chi connectivity index (χ0n) is 6.92. The van der Waals surface area contributed by atoms with Crippen LogP contribution in [0.1, 0.15) is 12.8 Å². The summed E-state index contributed by atoms with van der Waals surface area (Å²) < 4.78 is 0. The highest BCUT2D eigenvalue weighted by molar-refractivity contribution is 5.86. The molecular formula is C8H13NO2. The summed E-state index contributed by atoms with van der Waals surface area (Å²) in [5.41, 5.74) is 0. The number of hydrogen-bond donors (Lipinski definition) is 1. The predicted molar refractivity (Wildman–Crippen MR) is 43.2 cm³/mol. The van der Waals surface area contributed by atoms with Crippen molar-refractivity contribution in [3.8, 4) is 11.8 Å². The average molecular weight is 155 g/mol. The van der Waals surface area contributed by atoms with Gasteiger partial charge in [-0.05, 0) is 27.1 Å². The Morgan fingerprint density at radius 2 is 2.18 bits per heavy atom. The first kappa shape index (κ1) is 9.99. The van der Waals surface area contributed by atoms with Crippen molar-refractivity contribution >= 4 is 5.97 Å². The minimum Gasteiger partial charge on any atom is -0.472 e. The van der Waals surface area contributed by atoms with Gasteiger partial charge >= 0.3 is 5.97 Å². The lowest BCUT2D eigenvalue weighted by Gasteiger charge is -2.05. The van der Waals surface area contributed by atoms with E-state index in [2.05, 4.69) is 11.8 Å². The molecule has 0 saturated heterocycles. The standard InChI is InChI=1S/C8H13NO2/c1-9(2)7-5-3-4-6-8(10)11/h3,5,7H2,1-2H3,(H,10,11). The molecule has 62 valence electrons. The third-order valence-electron chi connectivity index (χ3n) is 1.10. The van der Waals surface area contributed by atoms with Gasteiger partial charge in [0.05, 0.1) is 0 Å². The summed E-state index contributed by atoms with van der Waals surface area (Å²) in [4.78, 5) is 12.0. The number of carboxylic acids is 1. The molecule has 0 saturated carbocycles. The molecule has 0 bridgehead atoms. The monoisotopic (exact) mass is 155 g/mol. The van der Waals surface area contributed by atoms with Gasteiger partial charge in [0, 0.05) is 12.3 Å². The van der Waals surface area contributed by atoms with Crippen LogP contribution in [0.15, 0.2) is 0 Å². The van der Waals surface area contributed by atoms with E-state index in [0.29, 0.717) is 6.42 Å². The van der Waals surface area contributed by atoms with Gasteiger partial charge in [0.25, 0.3) is 0 Å². The fourth-order valence-corrected chi connectivity index (χ4v) is 0.622. The van der Waals surface area contributed by atoms with Gasteiger partial charge in [-0.1, -0.05) is 5.92 Å². The van der Waals surface area contributed by atoms with E-state index in [1.165, 1.54) is 0 Å². The molecule has 0 atom stereocenters. The van der Waals surface area contributed by atoms with Crippen LogP contribution in [0.4, 0.5) is 0 Å². The van der Waals surface area contributed by atoms with Crippen LogP contribution in [0.25, 0.3) is 0 Å². The summed E-state index contributed by atoms with van der Waals surface area (Å²) in [6.07, 6.45) is 1.58. The fraction of sp³-hybridized carbons (Fsp3) is 0.625. The molecule has 1 N–H and O–H groups in total. The van der Waals surface area contributed by atoms with Crippen molar-refractivity contribution in [2.24, 2.45) is 0 Å². The maximum absolute atomic E-state index is 9.91. The van der Waals surface area contributed by atoms with Gasteiger partial charge in [-0.3, -0.25) is 0 Å². The van der Waals surface area contributed by atoms with Gasteiger partial charge in [0.15, 0.2) is 0 Å². The number of carbonyl (C=O) groups is 1. The van der Waals surface area contributed by atoms with E-state index in [0.717, 1.165) is 13.0 Å². The molecule has 0 aromatic carbocycles. The number of nitrogens with zero attached hydrogens (tertiary/aromatic N) is 1. The summed E-state index contributed by atoms with van der Waals surface area (Å²) in [5.74, 6) is 3.58. The van der Waals surface area contributed by atoms with Crippen molar-refractivity contribution < 1.29 is 9.90 Å². The largest absolute Gasteiger partial charge is 0.472 e. The van der Waals surface area contributed by atoms with Gasteiger partial charge in [-0.15, -0.1) is 0 Å². The molecule has 3 heteroatoms. The number of hydrogen-bond acceptors (Lipinski definition) is 2. The molecule has 0 aliphatic heterocycles. The molecule has 0 heterocycles. The molecule has 0 aliphatic carbocycles. The SMILES string of the molecule is CN(C)CCCC#CC(=O)O. The van der Waals surface area contributed by atoms with Crippen LogP contribution in [-0.4, -0.2) is 36.6 Å². The lowest BCUT2D eigenvalue weighted by molar-refractivity contribution is -0.130. The summed E-state index contributed by atoms with van der Waals surface area (Å²) in [6.45, 7) is 0.953. The van der Waals surface area contributed by atoms with Crippen LogP contribution in [0.2, 0.25) is 0 Å². The normalized spacial score (nSPS) is 9.00. The molecule has 0 aliphatic rings. The van der Waals surface area contributed by atoms with Crippen LogP contribution < -0.4 is 0 Å². The summed E-state index contributed by atoms with van der Waals surface area (Å²) >= 11 is 0. The molecule has 0 aromatic heterocycles. The van der Waals surface area contributed by atoms with Gasteiger partial charge < -0.3 is 10.0 Å². The Morgan fingerprint density at radius 1 is 1.55 bits per heavy atom. The van der Waals surface area contributed by atoms with Crippen LogP contribution >= 0.6 is 0 Å². The Kier molecular flexibility index (Phi) is 5.22. The molecule has 0 aromatic rings. The Balaban J connectivity index is 3.29. The predicted octanol–water partition coefficient (Wildman–Crippen LogP) is 0.416. The van der Waals surface area contributed by atoms with Gasteiger partial charge in [0.1, 0.15) is 0 Å². The Labute approximate surface area is 67.0 Å². The Hall–Kier alpha value is -1.01. The molecule has 0 rings (SSSR count). The van der Waals surface area contributed by atoms with E-state index in [-0.39, 0.29) is 0 Å². The Morgan fingerprint density at radius 3 is 2.64 bits per heavy atom. The summed E-state index contributed by atoms with van der Waals surface area (Å²) in [5, 5.41) is 8.14. The van der Waals surface area contributed by atoms with Crippen LogP contribution in [-0.2, 0) is 4.79 Å². The first-order valence-electron chi connectivity index (χ1n) is 3.49. The maximum Gasteiger partial charge on any atom is 0.381 e. The molecule has 0 fully saturated rings. The zero-order chi connectivity index (χ0) is 8.69. The number of rotatable bonds is 3. The lowest BCUT2D eigenvalue weighted by Crippen LogP contribution is -2.12. The van der Waals surface area contributed by atoms with Crippen molar-refractivity contribution in [3.63, 3.8) is 0 Å². The third kappa shape index (κ3) is 8.99. The smallest absolute Gasteiger partial charge is 0.381 e. The average Bonchev–Trinajstić information content (AvgIpc) is 1.85.